The van der Waals surface area contributed by atoms with Crippen molar-refractivity contribution >= 4 is 28.9 Å². The molecule has 32 heavy (non-hydrogen) atoms. The Balaban J connectivity index is 1.56. The molecule has 0 aromatic carbocycles. The number of H-pyrrole nitrogens is 1. The summed E-state index contributed by atoms with van der Waals surface area (Å²) in [5, 5.41) is 2.69. The topological polar surface area (TPSA) is 124 Å². The third-order valence-electron chi connectivity index (χ3n) is 4.96. The van der Waals surface area contributed by atoms with Crippen LogP contribution in [-0.2, 0) is 24.2 Å². The summed E-state index contributed by atoms with van der Waals surface area (Å²) in [5.74, 6) is 0. The lowest BCUT2D eigenvalue weighted by atomic mass is 10.2. The van der Waals surface area contributed by atoms with Crippen LogP contribution >= 0.6 is 11.6 Å². The summed E-state index contributed by atoms with van der Waals surface area (Å²) in [6, 6.07) is 5.55. The van der Waals surface area contributed by atoms with E-state index < -0.39 is 17.3 Å². The minimum Gasteiger partial charge on any atom is -0.449 e. The van der Waals surface area contributed by atoms with E-state index in [9.17, 15) is 14.4 Å². The fourth-order valence-corrected chi connectivity index (χ4v) is 3.50. The van der Waals surface area contributed by atoms with Crippen molar-refractivity contribution in [1.82, 2.24) is 29.4 Å². The number of hydrogen-bond acceptors (Lipinski definition) is 6. The van der Waals surface area contributed by atoms with Gasteiger partial charge in [-0.15, -0.1) is 0 Å². The first-order valence-electron chi connectivity index (χ1n) is 10.7. The predicted octanol–water partition coefficient (Wildman–Crippen LogP) is 2.48. The number of ether oxygens (including phenoxy) is 1. The minimum absolute atomic E-state index is 0.0635. The molecule has 1 amide bonds. The number of fused-ring (bicyclic) bond motifs is 1. The number of imidazole rings is 1. The maximum absolute atomic E-state index is 12.9. The van der Waals surface area contributed by atoms with E-state index in [4.69, 9.17) is 16.3 Å². The van der Waals surface area contributed by atoms with Gasteiger partial charge < -0.3 is 15.0 Å². The quantitative estimate of drug-likeness (QED) is 0.333. The number of alkyl carbamates (subject to hydrolysis) is 1. The van der Waals surface area contributed by atoms with Gasteiger partial charge in [-0.3, -0.25) is 18.9 Å². The largest absolute Gasteiger partial charge is 0.449 e. The molecule has 3 heterocycles. The molecule has 0 aliphatic heterocycles. The number of rotatable bonds is 11. The van der Waals surface area contributed by atoms with E-state index in [1.54, 1.807) is 6.20 Å². The van der Waals surface area contributed by atoms with Crippen molar-refractivity contribution in [3.63, 3.8) is 0 Å². The Hall–Kier alpha value is -3.14. The van der Waals surface area contributed by atoms with Gasteiger partial charge in [0.25, 0.3) is 5.56 Å². The average molecular weight is 463 g/mol. The molecule has 0 aliphatic rings. The van der Waals surface area contributed by atoms with Crippen LogP contribution < -0.4 is 16.6 Å². The van der Waals surface area contributed by atoms with Crippen LogP contribution in [0.5, 0.6) is 0 Å². The molecule has 0 atom stereocenters. The molecule has 11 heteroatoms. The van der Waals surface area contributed by atoms with Gasteiger partial charge in [-0.1, -0.05) is 25.8 Å². The number of aromatic amines is 1. The highest BCUT2D eigenvalue weighted by Crippen LogP contribution is 2.10. The van der Waals surface area contributed by atoms with E-state index in [0.717, 1.165) is 29.5 Å². The van der Waals surface area contributed by atoms with Crippen LogP contribution in [-0.4, -0.2) is 43.3 Å². The van der Waals surface area contributed by atoms with Gasteiger partial charge in [0.05, 0.1) is 6.61 Å². The molecule has 2 N–H and O–H groups in total. The zero-order chi connectivity index (χ0) is 22.9. The SMILES string of the molecule is CCCCCn1c(=O)n(CCCNC(=O)OCCc2ccccn2)c(=O)c2[nH]c(Cl)nc21. The molecule has 172 valence electrons. The summed E-state index contributed by atoms with van der Waals surface area (Å²) in [6.45, 7) is 3.13. The van der Waals surface area contributed by atoms with Gasteiger partial charge in [0, 0.05) is 37.9 Å². The number of carbonyl (C=O) groups is 1. The molecule has 0 saturated carbocycles. The maximum Gasteiger partial charge on any atom is 0.407 e. The van der Waals surface area contributed by atoms with Gasteiger partial charge >= 0.3 is 11.8 Å². The zero-order valence-electron chi connectivity index (χ0n) is 18.0. The number of amides is 1. The normalized spacial score (nSPS) is 11.1. The molecular weight excluding hydrogens is 436 g/mol. The lowest BCUT2D eigenvalue weighted by molar-refractivity contribution is 0.147. The molecule has 0 aliphatic carbocycles. The van der Waals surface area contributed by atoms with Crippen LogP contribution in [0.4, 0.5) is 4.79 Å². The first kappa shape index (κ1) is 23.5. The van der Waals surface area contributed by atoms with E-state index in [0.29, 0.717) is 19.4 Å². The Labute approximate surface area is 189 Å². The minimum atomic E-state index is -0.555. The first-order valence-corrected chi connectivity index (χ1v) is 11.1. The molecule has 0 fully saturated rings. The molecule has 10 nitrogen and oxygen atoms in total. The maximum atomic E-state index is 12.9. The highest BCUT2D eigenvalue weighted by atomic mass is 35.5. The highest BCUT2D eigenvalue weighted by Gasteiger charge is 2.16. The number of aryl methyl sites for hydroxylation is 1. The van der Waals surface area contributed by atoms with Gasteiger partial charge in [-0.25, -0.2) is 9.59 Å². The molecule has 0 spiro atoms. The smallest absolute Gasteiger partial charge is 0.407 e. The number of aromatic nitrogens is 5. The number of nitrogens with one attached hydrogen (secondary N) is 2. The molecular formula is C21H27ClN6O4. The van der Waals surface area contributed by atoms with Crippen LogP contribution in [0.15, 0.2) is 34.0 Å². The average Bonchev–Trinajstić information content (AvgIpc) is 3.18. The van der Waals surface area contributed by atoms with E-state index >= 15 is 0 Å². The standard InChI is InChI=1S/C21H27ClN6O4/c1-2-3-6-12-27-17-16(25-19(22)26-17)18(29)28(21(27)31)13-7-11-24-20(30)32-14-9-15-8-4-5-10-23-15/h4-5,8,10H,2-3,6-7,9,11-14H2,1H3,(H,24,30)(H,25,26). The molecule has 3 aromatic heterocycles. The Morgan fingerprint density at radius 2 is 2.00 bits per heavy atom. The van der Waals surface area contributed by atoms with Crippen molar-refractivity contribution < 1.29 is 9.53 Å². The summed E-state index contributed by atoms with van der Waals surface area (Å²) in [6.07, 6.45) is 4.78. The molecule has 3 aromatic rings. The van der Waals surface area contributed by atoms with Crippen molar-refractivity contribution in [2.45, 2.75) is 52.1 Å². The van der Waals surface area contributed by atoms with Crippen molar-refractivity contribution in [2.24, 2.45) is 0 Å². The van der Waals surface area contributed by atoms with Crippen molar-refractivity contribution in [1.29, 1.82) is 0 Å². The predicted molar refractivity (Wildman–Crippen MR) is 121 cm³/mol. The zero-order valence-corrected chi connectivity index (χ0v) is 18.7. The van der Waals surface area contributed by atoms with Crippen molar-refractivity contribution in [3.8, 4) is 0 Å². The van der Waals surface area contributed by atoms with Crippen molar-refractivity contribution in [3.05, 3.63) is 56.2 Å². The Bertz CT molecular complexity index is 1150. The Morgan fingerprint density at radius 1 is 1.19 bits per heavy atom. The van der Waals surface area contributed by atoms with Crippen LogP contribution in [0.3, 0.4) is 0 Å². The molecule has 0 saturated heterocycles. The van der Waals surface area contributed by atoms with E-state index in [-0.39, 0.29) is 36.1 Å². The monoisotopic (exact) mass is 462 g/mol. The lowest BCUT2D eigenvalue weighted by Gasteiger charge is -2.11. The third-order valence-corrected chi connectivity index (χ3v) is 5.14. The van der Waals surface area contributed by atoms with Gasteiger partial charge in [-0.05, 0) is 36.6 Å². The van der Waals surface area contributed by atoms with E-state index in [1.165, 1.54) is 4.57 Å². The Morgan fingerprint density at radius 3 is 2.75 bits per heavy atom. The second-order valence-electron chi connectivity index (χ2n) is 7.31. The van der Waals surface area contributed by atoms with E-state index in [2.05, 4.69) is 27.2 Å². The molecule has 0 unspecified atom stereocenters. The second kappa shape index (κ2) is 11.5. The summed E-state index contributed by atoms with van der Waals surface area (Å²) in [5.41, 5.74) is 0.401. The van der Waals surface area contributed by atoms with Crippen LogP contribution in [0.25, 0.3) is 11.2 Å². The summed E-state index contributed by atoms with van der Waals surface area (Å²) >= 11 is 5.94. The number of carbonyl (C=O) groups excluding carboxylic acids is 1. The first-order chi connectivity index (χ1) is 15.5. The van der Waals surface area contributed by atoms with Gasteiger partial charge in [0.2, 0.25) is 5.28 Å². The van der Waals surface area contributed by atoms with Gasteiger partial charge in [-0.2, -0.15) is 4.98 Å². The van der Waals surface area contributed by atoms with Crippen LogP contribution in [0, 0.1) is 0 Å². The second-order valence-corrected chi connectivity index (χ2v) is 7.67. The number of nitrogens with zero attached hydrogens (tertiary/aromatic N) is 4. The Kier molecular flexibility index (Phi) is 8.43. The third kappa shape index (κ3) is 5.97. The fraction of sp³-hybridized carbons (Fsp3) is 0.476. The molecule has 3 rings (SSSR count). The lowest BCUT2D eigenvalue weighted by Crippen LogP contribution is -2.41. The number of pyridine rings is 1. The van der Waals surface area contributed by atoms with Gasteiger partial charge in [0.15, 0.2) is 11.2 Å². The number of halogens is 1. The summed E-state index contributed by atoms with van der Waals surface area (Å²) in [4.78, 5) is 48.5. The van der Waals surface area contributed by atoms with Gasteiger partial charge in [0.1, 0.15) is 0 Å². The molecule has 0 bridgehead atoms. The summed E-state index contributed by atoms with van der Waals surface area (Å²) < 4.78 is 7.76. The number of unbranched alkanes of at least 4 members (excludes halogenated alkanes) is 2. The van der Waals surface area contributed by atoms with Crippen molar-refractivity contribution in [2.75, 3.05) is 13.2 Å². The van der Waals surface area contributed by atoms with Crippen LogP contribution in [0.2, 0.25) is 5.28 Å². The summed E-state index contributed by atoms with van der Waals surface area (Å²) in [7, 11) is 0. The number of hydrogen-bond donors (Lipinski definition) is 2. The highest BCUT2D eigenvalue weighted by molar-refractivity contribution is 6.28. The van der Waals surface area contributed by atoms with E-state index in [1.807, 2.05) is 18.2 Å². The van der Waals surface area contributed by atoms with Crippen LogP contribution in [0.1, 0.15) is 38.3 Å². The fourth-order valence-electron chi connectivity index (χ4n) is 3.33. The molecule has 0 radical (unpaired) electrons.